The molecule has 118 valence electrons. The molecule has 7 heteroatoms. The second-order valence-corrected chi connectivity index (χ2v) is 6.88. The second kappa shape index (κ2) is 6.42. The fraction of sp³-hybridized carbons (Fsp3) is 0.375. The van der Waals surface area contributed by atoms with Crippen molar-refractivity contribution in [2.75, 3.05) is 5.32 Å². The first kappa shape index (κ1) is 15.6. The van der Waals surface area contributed by atoms with Gasteiger partial charge in [-0.05, 0) is 44.9 Å². The molecule has 1 fully saturated rings. The van der Waals surface area contributed by atoms with Crippen molar-refractivity contribution in [3.8, 4) is 6.07 Å². The van der Waals surface area contributed by atoms with Gasteiger partial charge in [-0.15, -0.1) is 10.2 Å². The number of thioether (sulfide) groups is 1. The molecule has 1 aliphatic rings. The van der Waals surface area contributed by atoms with Crippen LogP contribution in [0.2, 0.25) is 0 Å². The molecule has 6 nitrogen and oxygen atoms in total. The van der Waals surface area contributed by atoms with Crippen molar-refractivity contribution in [2.45, 2.75) is 43.1 Å². The molecule has 1 N–H and O–H groups in total. The van der Waals surface area contributed by atoms with E-state index in [-0.39, 0.29) is 11.2 Å². The van der Waals surface area contributed by atoms with Gasteiger partial charge in [-0.25, -0.2) is 0 Å². The average molecular weight is 327 g/mol. The van der Waals surface area contributed by atoms with E-state index in [0.29, 0.717) is 17.3 Å². The first-order chi connectivity index (χ1) is 11.1. The SMILES string of the molecule is Cc1nnc(S[C@@H](C)C(=O)Nc2cccc(C#N)c2)n1C1CC1. The maximum absolute atomic E-state index is 12.3. The van der Waals surface area contributed by atoms with Gasteiger partial charge in [0.15, 0.2) is 5.16 Å². The van der Waals surface area contributed by atoms with Crippen molar-refractivity contribution in [3.63, 3.8) is 0 Å². The highest BCUT2D eigenvalue weighted by Gasteiger charge is 2.29. The first-order valence-electron chi connectivity index (χ1n) is 7.47. The lowest BCUT2D eigenvalue weighted by Crippen LogP contribution is -2.23. The fourth-order valence-electron chi connectivity index (χ4n) is 2.31. The standard InChI is InChI=1S/C16H17N5OS/c1-10(15(22)18-13-5-3-4-12(8-13)9-17)23-16-20-19-11(2)21(16)14-6-7-14/h3-5,8,10,14H,6-7H2,1-2H3,(H,18,22)/t10-/m0/s1. The summed E-state index contributed by atoms with van der Waals surface area (Å²) >= 11 is 1.41. The van der Waals surface area contributed by atoms with E-state index in [4.69, 9.17) is 5.26 Å². The van der Waals surface area contributed by atoms with E-state index < -0.39 is 0 Å². The summed E-state index contributed by atoms with van der Waals surface area (Å²) in [5.74, 6) is 0.775. The molecular weight excluding hydrogens is 310 g/mol. The Balaban J connectivity index is 1.67. The Labute approximate surface area is 138 Å². The van der Waals surface area contributed by atoms with Crippen LogP contribution in [0.15, 0.2) is 29.4 Å². The Morgan fingerprint density at radius 1 is 1.48 bits per heavy atom. The molecule has 0 unspecified atom stereocenters. The van der Waals surface area contributed by atoms with Gasteiger partial charge in [0.1, 0.15) is 5.82 Å². The smallest absolute Gasteiger partial charge is 0.237 e. The van der Waals surface area contributed by atoms with Crippen molar-refractivity contribution >= 4 is 23.4 Å². The van der Waals surface area contributed by atoms with E-state index in [1.807, 2.05) is 13.8 Å². The maximum Gasteiger partial charge on any atom is 0.237 e. The lowest BCUT2D eigenvalue weighted by Gasteiger charge is -2.13. The molecule has 0 bridgehead atoms. The van der Waals surface area contributed by atoms with Crippen molar-refractivity contribution in [2.24, 2.45) is 0 Å². The summed E-state index contributed by atoms with van der Waals surface area (Å²) in [5.41, 5.74) is 1.15. The van der Waals surface area contributed by atoms with E-state index in [2.05, 4.69) is 26.2 Å². The quantitative estimate of drug-likeness (QED) is 0.854. The average Bonchev–Trinajstić information content (AvgIpc) is 3.31. The first-order valence-corrected chi connectivity index (χ1v) is 8.35. The predicted molar refractivity (Wildman–Crippen MR) is 88.1 cm³/mol. The van der Waals surface area contributed by atoms with Crippen molar-refractivity contribution in [1.29, 1.82) is 5.26 Å². The number of aromatic nitrogens is 3. The molecule has 1 aromatic heterocycles. The summed E-state index contributed by atoms with van der Waals surface area (Å²) in [6, 6.07) is 9.42. The molecule has 0 radical (unpaired) electrons. The summed E-state index contributed by atoms with van der Waals surface area (Å²) in [6.45, 7) is 3.78. The van der Waals surface area contributed by atoms with E-state index in [1.165, 1.54) is 11.8 Å². The molecule has 3 rings (SSSR count). The van der Waals surface area contributed by atoms with Crippen molar-refractivity contribution in [3.05, 3.63) is 35.7 Å². The van der Waals surface area contributed by atoms with E-state index >= 15 is 0 Å². The summed E-state index contributed by atoms with van der Waals surface area (Å²) in [6.07, 6.45) is 2.29. The number of hydrogen-bond acceptors (Lipinski definition) is 5. The highest BCUT2D eigenvalue weighted by molar-refractivity contribution is 8.00. The summed E-state index contributed by atoms with van der Waals surface area (Å²) < 4.78 is 2.12. The summed E-state index contributed by atoms with van der Waals surface area (Å²) in [7, 11) is 0. The minimum absolute atomic E-state index is 0.118. The number of amides is 1. The Bertz CT molecular complexity index is 775. The minimum Gasteiger partial charge on any atom is -0.325 e. The highest BCUT2D eigenvalue weighted by Crippen LogP contribution is 2.39. The largest absolute Gasteiger partial charge is 0.325 e. The molecule has 0 saturated heterocycles. The van der Waals surface area contributed by atoms with Gasteiger partial charge in [0.25, 0.3) is 0 Å². The normalized spacial score (nSPS) is 15.0. The maximum atomic E-state index is 12.3. The van der Waals surface area contributed by atoms with Crippen LogP contribution in [0.4, 0.5) is 5.69 Å². The Morgan fingerprint density at radius 3 is 2.96 bits per heavy atom. The number of carbonyl (C=O) groups is 1. The van der Waals surface area contributed by atoms with Gasteiger partial charge in [0.2, 0.25) is 5.91 Å². The molecule has 1 saturated carbocycles. The van der Waals surface area contributed by atoms with Crippen molar-refractivity contribution < 1.29 is 4.79 Å². The monoisotopic (exact) mass is 327 g/mol. The van der Waals surface area contributed by atoms with Gasteiger partial charge < -0.3 is 9.88 Å². The molecule has 1 atom stereocenters. The van der Waals surface area contributed by atoms with Crippen LogP contribution < -0.4 is 5.32 Å². The van der Waals surface area contributed by atoms with Gasteiger partial charge in [0, 0.05) is 11.7 Å². The zero-order valence-electron chi connectivity index (χ0n) is 13.0. The summed E-state index contributed by atoms with van der Waals surface area (Å²) in [4.78, 5) is 12.3. The second-order valence-electron chi connectivity index (χ2n) is 5.57. The third kappa shape index (κ3) is 3.54. The fourth-order valence-corrected chi connectivity index (χ4v) is 3.27. The van der Waals surface area contributed by atoms with Crippen LogP contribution in [0.3, 0.4) is 0 Å². The van der Waals surface area contributed by atoms with Crippen LogP contribution in [0.1, 0.15) is 37.2 Å². The molecule has 1 aliphatic carbocycles. The zero-order valence-corrected chi connectivity index (χ0v) is 13.8. The molecule has 1 heterocycles. The lowest BCUT2D eigenvalue weighted by molar-refractivity contribution is -0.115. The van der Waals surface area contributed by atoms with Crippen molar-refractivity contribution in [1.82, 2.24) is 14.8 Å². The number of aryl methyl sites for hydroxylation is 1. The molecule has 23 heavy (non-hydrogen) atoms. The number of rotatable bonds is 5. The Morgan fingerprint density at radius 2 is 2.26 bits per heavy atom. The van der Waals surface area contributed by atoms with Crippen LogP contribution in [0, 0.1) is 18.3 Å². The number of hydrogen-bond donors (Lipinski definition) is 1. The number of nitriles is 1. The van der Waals surface area contributed by atoms with Crippen LogP contribution in [-0.2, 0) is 4.79 Å². The van der Waals surface area contributed by atoms with Gasteiger partial charge in [-0.2, -0.15) is 5.26 Å². The lowest BCUT2D eigenvalue weighted by atomic mass is 10.2. The van der Waals surface area contributed by atoms with Gasteiger partial charge in [-0.3, -0.25) is 4.79 Å². The van der Waals surface area contributed by atoms with E-state index in [1.54, 1.807) is 24.3 Å². The van der Waals surface area contributed by atoms with Gasteiger partial charge >= 0.3 is 0 Å². The zero-order chi connectivity index (χ0) is 16.4. The van der Waals surface area contributed by atoms with Crippen LogP contribution in [-0.4, -0.2) is 25.9 Å². The number of nitrogens with one attached hydrogen (secondary N) is 1. The Hall–Kier alpha value is -2.33. The molecular formula is C16H17N5OS. The molecule has 0 spiro atoms. The number of carbonyl (C=O) groups excluding carboxylic acids is 1. The molecule has 1 aromatic carbocycles. The highest BCUT2D eigenvalue weighted by atomic mass is 32.2. The Kier molecular flexibility index (Phi) is 4.35. The number of anilines is 1. The number of benzene rings is 1. The predicted octanol–water partition coefficient (Wildman–Crippen LogP) is 2.91. The third-order valence-electron chi connectivity index (χ3n) is 3.66. The van der Waals surface area contributed by atoms with Crippen LogP contribution in [0.5, 0.6) is 0 Å². The number of nitrogens with zero attached hydrogens (tertiary/aromatic N) is 4. The van der Waals surface area contributed by atoms with Crippen LogP contribution in [0.25, 0.3) is 0 Å². The topological polar surface area (TPSA) is 83.6 Å². The summed E-state index contributed by atoms with van der Waals surface area (Å²) in [5, 5.41) is 20.5. The molecule has 2 aromatic rings. The van der Waals surface area contributed by atoms with Gasteiger partial charge in [-0.1, -0.05) is 17.8 Å². The third-order valence-corrected chi connectivity index (χ3v) is 4.71. The van der Waals surface area contributed by atoms with E-state index in [9.17, 15) is 4.79 Å². The molecule has 0 aliphatic heterocycles. The molecule has 1 amide bonds. The van der Waals surface area contributed by atoms with Crippen LogP contribution >= 0.6 is 11.8 Å². The minimum atomic E-state index is -0.304. The van der Waals surface area contributed by atoms with Gasteiger partial charge in [0.05, 0.1) is 16.9 Å². The van der Waals surface area contributed by atoms with E-state index in [0.717, 1.165) is 23.8 Å².